The second-order valence-electron chi connectivity index (χ2n) is 10.2. The summed E-state index contributed by atoms with van der Waals surface area (Å²) in [6.07, 6.45) is 3.26. The van der Waals surface area contributed by atoms with Gasteiger partial charge < -0.3 is 14.5 Å². The van der Waals surface area contributed by atoms with Crippen LogP contribution in [0.5, 0.6) is 0 Å². The van der Waals surface area contributed by atoms with Crippen LogP contribution >= 0.6 is 0 Å². The molecule has 34 heavy (non-hydrogen) atoms. The summed E-state index contributed by atoms with van der Waals surface area (Å²) in [6, 6.07) is 16.4. The molecule has 0 amide bonds. The van der Waals surface area contributed by atoms with Gasteiger partial charge in [0.2, 0.25) is 0 Å². The highest BCUT2D eigenvalue weighted by Gasteiger charge is 2.34. The van der Waals surface area contributed by atoms with Gasteiger partial charge in [-0.05, 0) is 73.4 Å². The van der Waals surface area contributed by atoms with Gasteiger partial charge in [-0.3, -0.25) is 9.79 Å². The van der Waals surface area contributed by atoms with Crippen molar-refractivity contribution >= 4 is 23.2 Å². The summed E-state index contributed by atoms with van der Waals surface area (Å²) in [6.45, 7) is 8.92. The number of amidine groups is 1. The standard InChI is InChI=1S/C29H41N3O2/c1-20(2)25-17-12-21(3)18-27(25)34-28(33)19-32(26-11-9-8-10-22(26)4)29(30-5)23-13-15-24(16-14-23)31(6)7/h8-11,13-16,20-21,25,27H,12,17-19H2,1-7H3/t21-,25+,27-/m1/s1. The van der Waals surface area contributed by atoms with E-state index in [4.69, 9.17) is 4.74 Å². The van der Waals surface area contributed by atoms with E-state index in [1.807, 2.05) is 37.2 Å². The van der Waals surface area contributed by atoms with Crippen LogP contribution in [0.25, 0.3) is 0 Å². The molecule has 0 N–H and O–H groups in total. The van der Waals surface area contributed by atoms with E-state index in [9.17, 15) is 4.79 Å². The predicted octanol–water partition coefficient (Wildman–Crippen LogP) is 5.95. The number of ether oxygens (including phenoxy) is 1. The van der Waals surface area contributed by atoms with E-state index < -0.39 is 0 Å². The van der Waals surface area contributed by atoms with Crippen molar-refractivity contribution in [2.24, 2.45) is 22.7 Å². The molecule has 0 saturated heterocycles. The average molecular weight is 464 g/mol. The number of benzene rings is 2. The van der Waals surface area contributed by atoms with Crippen molar-refractivity contribution in [3.8, 4) is 0 Å². The highest BCUT2D eigenvalue weighted by molar-refractivity contribution is 6.12. The molecule has 184 valence electrons. The summed E-state index contributed by atoms with van der Waals surface area (Å²) >= 11 is 0. The van der Waals surface area contributed by atoms with Crippen molar-refractivity contribution in [1.29, 1.82) is 0 Å². The second-order valence-corrected chi connectivity index (χ2v) is 10.2. The molecule has 0 heterocycles. The number of hydrogen-bond donors (Lipinski definition) is 0. The van der Waals surface area contributed by atoms with Crippen molar-refractivity contribution in [3.63, 3.8) is 0 Å². The van der Waals surface area contributed by atoms with Crippen molar-refractivity contribution in [1.82, 2.24) is 0 Å². The Balaban J connectivity index is 1.89. The van der Waals surface area contributed by atoms with Crippen LogP contribution in [-0.4, -0.2) is 45.6 Å². The number of esters is 1. The molecule has 0 bridgehead atoms. The molecule has 0 unspecified atom stereocenters. The molecule has 0 aliphatic heterocycles. The molecule has 0 radical (unpaired) electrons. The number of aryl methyl sites for hydroxylation is 1. The number of aliphatic imine (C=N–C) groups is 1. The first-order valence-electron chi connectivity index (χ1n) is 12.5. The van der Waals surface area contributed by atoms with E-state index in [0.29, 0.717) is 17.8 Å². The van der Waals surface area contributed by atoms with Crippen LogP contribution in [0.1, 0.15) is 51.2 Å². The summed E-state index contributed by atoms with van der Waals surface area (Å²) in [5.74, 6) is 2.07. The van der Waals surface area contributed by atoms with Gasteiger partial charge in [-0.25, -0.2) is 0 Å². The van der Waals surface area contributed by atoms with E-state index in [0.717, 1.165) is 41.2 Å². The summed E-state index contributed by atoms with van der Waals surface area (Å²) in [5.41, 5.74) is 4.14. The fourth-order valence-electron chi connectivity index (χ4n) is 5.04. The van der Waals surface area contributed by atoms with Crippen LogP contribution in [0, 0.1) is 24.7 Å². The molecule has 1 fully saturated rings. The van der Waals surface area contributed by atoms with Gasteiger partial charge in [0.1, 0.15) is 18.5 Å². The summed E-state index contributed by atoms with van der Waals surface area (Å²) in [5, 5.41) is 0. The Labute approximate surface area is 205 Å². The Kier molecular flexibility index (Phi) is 8.76. The summed E-state index contributed by atoms with van der Waals surface area (Å²) < 4.78 is 6.17. The molecule has 1 aliphatic rings. The van der Waals surface area contributed by atoms with Crippen molar-refractivity contribution in [2.75, 3.05) is 37.5 Å². The van der Waals surface area contributed by atoms with Crippen LogP contribution in [-0.2, 0) is 9.53 Å². The molecule has 0 aromatic heterocycles. The number of carbonyl (C=O) groups excluding carboxylic acids is 1. The molecule has 5 heteroatoms. The Morgan fingerprint density at radius 2 is 1.76 bits per heavy atom. The fourth-order valence-corrected chi connectivity index (χ4v) is 5.04. The molecule has 3 rings (SSSR count). The highest BCUT2D eigenvalue weighted by atomic mass is 16.5. The monoisotopic (exact) mass is 463 g/mol. The lowest BCUT2D eigenvalue weighted by atomic mass is 9.75. The van der Waals surface area contributed by atoms with E-state index in [1.54, 1.807) is 7.05 Å². The first-order chi connectivity index (χ1) is 16.2. The maximum atomic E-state index is 13.4. The topological polar surface area (TPSA) is 45.1 Å². The minimum Gasteiger partial charge on any atom is -0.461 e. The number of carbonyl (C=O) groups is 1. The third kappa shape index (κ3) is 6.19. The molecule has 1 aliphatic carbocycles. The fraction of sp³-hybridized carbons (Fsp3) is 0.517. The summed E-state index contributed by atoms with van der Waals surface area (Å²) in [4.78, 5) is 22.0. The van der Waals surface area contributed by atoms with E-state index in [-0.39, 0.29) is 18.6 Å². The predicted molar refractivity (Wildman–Crippen MR) is 143 cm³/mol. The van der Waals surface area contributed by atoms with Gasteiger partial charge in [0.05, 0.1) is 0 Å². The number of para-hydroxylation sites is 1. The molecule has 3 atom stereocenters. The second kappa shape index (κ2) is 11.5. The molecular weight excluding hydrogens is 422 g/mol. The van der Waals surface area contributed by atoms with Gasteiger partial charge in [0.15, 0.2) is 0 Å². The lowest BCUT2D eigenvalue weighted by Gasteiger charge is -2.37. The Morgan fingerprint density at radius 3 is 2.35 bits per heavy atom. The Bertz CT molecular complexity index is 981. The average Bonchev–Trinajstić information content (AvgIpc) is 2.79. The van der Waals surface area contributed by atoms with E-state index >= 15 is 0 Å². The largest absolute Gasteiger partial charge is 0.461 e. The van der Waals surface area contributed by atoms with Gasteiger partial charge in [0.25, 0.3) is 0 Å². The molecule has 5 nitrogen and oxygen atoms in total. The Morgan fingerprint density at radius 1 is 1.09 bits per heavy atom. The minimum absolute atomic E-state index is 0.0173. The number of nitrogens with zero attached hydrogens (tertiary/aromatic N) is 3. The normalized spacial score (nSPS) is 20.8. The smallest absolute Gasteiger partial charge is 0.326 e. The molecule has 1 saturated carbocycles. The van der Waals surface area contributed by atoms with Crippen LogP contribution in [0.4, 0.5) is 11.4 Å². The zero-order valence-corrected chi connectivity index (χ0v) is 21.9. The van der Waals surface area contributed by atoms with Gasteiger partial charge >= 0.3 is 5.97 Å². The van der Waals surface area contributed by atoms with Crippen molar-refractivity contribution < 1.29 is 9.53 Å². The quantitative estimate of drug-likeness (QED) is 0.289. The zero-order chi connectivity index (χ0) is 24.8. The molecule has 2 aromatic rings. The van der Waals surface area contributed by atoms with Gasteiger partial charge in [0, 0.05) is 38.1 Å². The van der Waals surface area contributed by atoms with Gasteiger partial charge in [-0.15, -0.1) is 0 Å². The van der Waals surface area contributed by atoms with E-state index in [1.165, 1.54) is 6.42 Å². The first kappa shape index (κ1) is 25.8. The maximum absolute atomic E-state index is 13.4. The highest BCUT2D eigenvalue weighted by Crippen LogP contribution is 2.35. The SMILES string of the molecule is CN=C(c1ccc(N(C)C)cc1)N(CC(=O)O[C@@H]1C[C@H](C)CC[C@H]1C(C)C)c1ccccc1C. The summed E-state index contributed by atoms with van der Waals surface area (Å²) in [7, 11) is 5.83. The molecule has 0 spiro atoms. The third-order valence-corrected chi connectivity index (χ3v) is 7.05. The van der Waals surface area contributed by atoms with Crippen LogP contribution < -0.4 is 9.80 Å². The lowest BCUT2D eigenvalue weighted by Crippen LogP contribution is -2.41. The van der Waals surface area contributed by atoms with Crippen LogP contribution in [0.15, 0.2) is 53.5 Å². The van der Waals surface area contributed by atoms with Crippen molar-refractivity contribution in [2.45, 2.75) is 53.1 Å². The van der Waals surface area contributed by atoms with E-state index in [2.05, 4.69) is 67.9 Å². The number of hydrogen-bond acceptors (Lipinski definition) is 4. The Hall–Kier alpha value is -2.82. The zero-order valence-electron chi connectivity index (χ0n) is 21.9. The maximum Gasteiger partial charge on any atom is 0.326 e. The number of anilines is 2. The first-order valence-corrected chi connectivity index (χ1v) is 12.5. The van der Waals surface area contributed by atoms with Gasteiger partial charge in [-0.1, -0.05) is 45.4 Å². The van der Waals surface area contributed by atoms with Gasteiger partial charge in [-0.2, -0.15) is 0 Å². The molecule has 2 aromatic carbocycles. The number of rotatable bonds is 7. The molecular formula is C29H41N3O2. The van der Waals surface area contributed by atoms with Crippen LogP contribution in [0.3, 0.4) is 0 Å². The lowest BCUT2D eigenvalue weighted by molar-refractivity contribution is -0.154. The minimum atomic E-state index is -0.195. The van der Waals surface area contributed by atoms with Crippen LogP contribution in [0.2, 0.25) is 0 Å². The third-order valence-electron chi connectivity index (χ3n) is 7.05. The van der Waals surface area contributed by atoms with Crippen molar-refractivity contribution in [3.05, 3.63) is 59.7 Å².